The maximum absolute atomic E-state index is 12.2. The lowest BCUT2D eigenvalue weighted by Crippen LogP contribution is -2.14. The number of Topliss-reactive ketones (excluding diaryl/α,β-unsaturated/α-hetero) is 1. The molecule has 0 radical (unpaired) electrons. The highest BCUT2D eigenvalue weighted by molar-refractivity contribution is 9.10. The molecule has 1 unspecified atom stereocenters. The summed E-state index contributed by atoms with van der Waals surface area (Å²) in [4.78, 5) is 12.2. The molecule has 1 rings (SSSR count). The Hall–Kier alpha value is -0.870. The molecule has 0 heterocycles. The van der Waals surface area contributed by atoms with Crippen molar-refractivity contribution < 1.29 is 14.3 Å². The van der Waals surface area contributed by atoms with Crippen LogP contribution in [0.4, 0.5) is 0 Å². The number of ketones is 1. The summed E-state index contributed by atoms with van der Waals surface area (Å²) < 4.78 is 11.1. The lowest BCUT2D eigenvalue weighted by molar-refractivity contribution is 0.0890. The summed E-state index contributed by atoms with van der Waals surface area (Å²) >= 11 is 3.35. The molecular formula is C13H17BrO3. The zero-order chi connectivity index (χ0) is 12.8. The van der Waals surface area contributed by atoms with Crippen LogP contribution in [0.15, 0.2) is 22.7 Å². The van der Waals surface area contributed by atoms with Gasteiger partial charge < -0.3 is 9.47 Å². The number of rotatable bonds is 6. The molecule has 4 heteroatoms. The molecule has 0 aliphatic rings. The highest BCUT2D eigenvalue weighted by atomic mass is 79.9. The average Bonchev–Trinajstić information content (AvgIpc) is 2.34. The number of hydrogen-bond donors (Lipinski definition) is 0. The molecule has 17 heavy (non-hydrogen) atoms. The second-order valence-corrected chi connectivity index (χ2v) is 4.81. The van der Waals surface area contributed by atoms with E-state index in [-0.39, 0.29) is 11.7 Å². The van der Waals surface area contributed by atoms with Crippen molar-refractivity contribution in [2.45, 2.75) is 13.3 Å². The third kappa shape index (κ3) is 3.82. The monoisotopic (exact) mass is 300 g/mol. The van der Waals surface area contributed by atoms with Crippen molar-refractivity contribution in [2.75, 3.05) is 20.8 Å². The molecule has 0 saturated heterocycles. The van der Waals surface area contributed by atoms with Crippen molar-refractivity contribution >= 4 is 21.7 Å². The molecule has 0 fully saturated rings. The largest absolute Gasteiger partial charge is 0.496 e. The molecule has 0 spiro atoms. The molecule has 94 valence electrons. The van der Waals surface area contributed by atoms with E-state index in [2.05, 4.69) is 15.9 Å². The van der Waals surface area contributed by atoms with Gasteiger partial charge in [-0.25, -0.2) is 0 Å². The fraction of sp³-hybridized carbons (Fsp3) is 0.462. The SMILES string of the molecule is COCCC(C)C(=O)c1ccc(Br)cc1OC. The van der Waals surface area contributed by atoms with Crippen LogP contribution in [0.25, 0.3) is 0 Å². The molecule has 0 bridgehead atoms. The summed E-state index contributed by atoms with van der Waals surface area (Å²) in [5, 5.41) is 0. The van der Waals surface area contributed by atoms with Crippen LogP contribution < -0.4 is 4.74 Å². The van der Waals surface area contributed by atoms with Crippen molar-refractivity contribution in [1.82, 2.24) is 0 Å². The van der Waals surface area contributed by atoms with Crippen LogP contribution in [0.1, 0.15) is 23.7 Å². The standard InChI is InChI=1S/C13H17BrO3/c1-9(6-7-16-2)13(15)11-5-4-10(14)8-12(11)17-3/h4-5,8-9H,6-7H2,1-3H3. The maximum Gasteiger partial charge on any atom is 0.169 e. The number of carbonyl (C=O) groups excluding carboxylic acids is 1. The molecular weight excluding hydrogens is 284 g/mol. The molecule has 0 N–H and O–H groups in total. The molecule has 0 aromatic heterocycles. The summed E-state index contributed by atoms with van der Waals surface area (Å²) in [6, 6.07) is 5.43. The first-order valence-electron chi connectivity index (χ1n) is 5.46. The highest BCUT2D eigenvalue weighted by Crippen LogP contribution is 2.26. The van der Waals surface area contributed by atoms with E-state index >= 15 is 0 Å². The summed E-state index contributed by atoms with van der Waals surface area (Å²) in [6.45, 7) is 2.49. The minimum absolute atomic E-state index is 0.0648. The first-order valence-corrected chi connectivity index (χ1v) is 6.26. The molecule has 1 atom stereocenters. The highest BCUT2D eigenvalue weighted by Gasteiger charge is 2.18. The second kappa shape index (κ2) is 6.77. The Morgan fingerprint density at radius 1 is 1.41 bits per heavy atom. The van der Waals surface area contributed by atoms with Crippen LogP contribution in [0, 0.1) is 5.92 Å². The first-order chi connectivity index (χ1) is 8.10. The summed E-state index contributed by atoms with van der Waals surface area (Å²) in [5.74, 6) is 0.630. The van der Waals surface area contributed by atoms with Gasteiger partial charge in [0.2, 0.25) is 0 Å². The lowest BCUT2D eigenvalue weighted by atomic mass is 9.96. The predicted octanol–water partition coefficient (Wildman–Crippen LogP) is 3.31. The van der Waals surface area contributed by atoms with E-state index < -0.39 is 0 Å². The van der Waals surface area contributed by atoms with Gasteiger partial charge in [0.25, 0.3) is 0 Å². The predicted molar refractivity (Wildman–Crippen MR) is 70.7 cm³/mol. The zero-order valence-corrected chi connectivity index (χ0v) is 11.9. The second-order valence-electron chi connectivity index (χ2n) is 3.89. The number of benzene rings is 1. The van der Waals surface area contributed by atoms with E-state index in [1.54, 1.807) is 26.4 Å². The molecule has 1 aromatic rings. The Kier molecular flexibility index (Phi) is 5.65. The van der Waals surface area contributed by atoms with Gasteiger partial charge in [-0.15, -0.1) is 0 Å². The summed E-state index contributed by atoms with van der Waals surface area (Å²) in [7, 11) is 3.20. The summed E-state index contributed by atoms with van der Waals surface area (Å²) in [5.41, 5.74) is 0.624. The van der Waals surface area contributed by atoms with Crippen LogP contribution in [-0.2, 0) is 4.74 Å². The Morgan fingerprint density at radius 2 is 2.12 bits per heavy atom. The van der Waals surface area contributed by atoms with Crippen molar-refractivity contribution in [2.24, 2.45) is 5.92 Å². The van der Waals surface area contributed by atoms with Gasteiger partial charge in [0.15, 0.2) is 5.78 Å². The fourth-order valence-corrected chi connectivity index (χ4v) is 1.90. The lowest BCUT2D eigenvalue weighted by Gasteiger charge is -2.13. The quantitative estimate of drug-likeness (QED) is 0.756. The Labute approximate surface area is 110 Å². The van der Waals surface area contributed by atoms with Gasteiger partial charge in [-0.1, -0.05) is 22.9 Å². The third-order valence-electron chi connectivity index (χ3n) is 2.63. The van der Waals surface area contributed by atoms with Gasteiger partial charge in [-0.2, -0.15) is 0 Å². The van der Waals surface area contributed by atoms with E-state index in [4.69, 9.17) is 9.47 Å². The Morgan fingerprint density at radius 3 is 2.71 bits per heavy atom. The van der Waals surface area contributed by atoms with E-state index in [1.807, 2.05) is 13.0 Å². The molecule has 3 nitrogen and oxygen atoms in total. The number of hydrogen-bond acceptors (Lipinski definition) is 3. The molecule has 0 aliphatic heterocycles. The van der Waals surface area contributed by atoms with E-state index in [9.17, 15) is 4.79 Å². The van der Waals surface area contributed by atoms with Crippen molar-refractivity contribution in [3.8, 4) is 5.75 Å². The van der Waals surface area contributed by atoms with Crippen LogP contribution in [0.2, 0.25) is 0 Å². The van der Waals surface area contributed by atoms with Gasteiger partial charge >= 0.3 is 0 Å². The minimum atomic E-state index is -0.0648. The number of ether oxygens (including phenoxy) is 2. The molecule has 0 amide bonds. The number of carbonyl (C=O) groups is 1. The molecule has 0 aliphatic carbocycles. The van der Waals surface area contributed by atoms with Gasteiger partial charge in [0, 0.05) is 24.1 Å². The van der Waals surface area contributed by atoms with Gasteiger partial charge in [-0.3, -0.25) is 4.79 Å². The smallest absolute Gasteiger partial charge is 0.169 e. The van der Waals surface area contributed by atoms with Crippen LogP contribution >= 0.6 is 15.9 Å². The van der Waals surface area contributed by atoms with Crippen LogP contribution in [0.5, 0.6) is 5.75 Å². The molecule has 1 aromatic carbocycles. The average molecular weight is 301 g/mol. The Bertz CT molecular complexity index is 390. The van der Waals surface area contributed by atoms with Crippen molar-refractivity contribution in [3.63, 3.8) is 0 Å². The van der Waals surface area contributed by atoms with E-state index in [1.165, 1.54) is 0 Å². The number of methoxy groups -OCH3 is 2. The zero-order valence-electron chi connectivity index (χ0n) is 10.3. The van der Waals surface area contributed by atoms with E-state index in [0.29, 0.717) is 24.3 Å². The van der Waals surface area contributed by atoms with Gasteiger partial charge in [-0.05, 0) is 24.6 Å². The third-order valence-corrected chi connectivity index (χ3v) is 3.12. The summed E-state index contributed by atoms with van der Waals surface area (Å²) in [6.07, 6.45) is 0.717. The van der Waals surface area contributed by atoms with Crippen LogP contribution in [-0.4, -0.2) is 26.6 Å². The van der Waals surface area contributed by atoms with Crippen molar-refractivity contribution in [1.29, 1.82) is 0 Å². The van der Waals surface area contributed by atoms with Gasteiger partial charge in [0.1, 0.15) is 5.75 Å². The normalized spacial score (nSPS) is 12.2. The Balaban J connectivity index is 2.87. The minimum Gasteiger partial charge on any atom is -0.496 e. The molecule has 0 saturated carbocycles. The topological polar surface area (TPSA) is 35.5 Å². The van der Waals surface area contributed by atoms with E-state index in [0.717, 1.165) is 4.47 Å². The number of halogens is 1. The van der Waals surface area contributed by atoms with Crippen molar-refractivity contribution in [3.05, 3.63) is 28.2 Å². The maximum atomic E-state index is 12.2. The first kappa shape index (κ1) is 14.2. The van der Waals surface area contributed by atoms with Gasteiger partial charge in [0.05, 0.1) is 12.7 Å². The fourth-order valence-electron chi connectivity index (χ4n) is 1.56. The van der Waals surface area contributed by atoms with Crippen LogP contribution in [0.3, 0.4) is 0 Å².